The number of nitrogens with one attached hydrogen (secondary N) is 1. The fourth-order valence-corrected chi connectivity index (χ4v) is 2.88. The number of para-hydroxylation sites is 1. The van der Waals surface area contributed by atoms with Crippen molar-refractivity contribution in [1.82, 2.24) is 10.2 Å². The van der Waals surface area contributed by atoms with Crippen molar-refractivity contribution in [2.45, 2.75) is 32.9 Å². The van der Waals surface area contributed by atoms with E-state index < -0.39 is 0 Å². The minimum Gasteiger partial charge on any atom is -0.508 e. The Balaban J connectivity index is 1.85. The summed E-state index contributed by atoms with van der Waals surface area (Å²) in [6.45, 7) is 9.94. The molecular formula is C17H28N2O2. The summed E-state index contributed by atoms with van der Waals surface area (Å²) in [7, 11) is 0. The molecule has 4 nitrogen and oxygen atoms in total. The Morgan fingerprint density at radius 3 is 2.62 bits per heavy atom. The lowest BCUT2D eigenvalue weighted by molar-refractivity contribution is 0.0123. The van der Waals surface area contributed by atoms with Gasteiger partial charge in [0.2, 0.25) is 0 Å². The zero-order chi connectivity index (χ0) is 15.1. The molecule has 2 rings (SSSR count). The third-order valence-electron chi connectivity index (χ3n) is 3.99. The first-order valence-corrected chi connectivity index (χ1v) is 7.96. The lowest BCUT2D eigenvalue weighted by Gasteiger charge is -2.35. The Morgan fingerprint density at radius 2 is 1.95 bits per heavy atom. The fourth-order valence-electron chi connectivity index (χ4n) is 2.88. The van der Waals surface area contributed by atoms with Crippen LogP contribution in [0, 0.1) is 5.92 Å². The van der Waals surface area contributed by atoms with Crippen LogP contribution in [-0.2, 0) is 11.3 Å². The maximum absolute atomic E-state index is 9.80. The van der Waals surface area contributed by atoms with Crippen molar-refractivity contribution in [3.05, 3.63) is 29.8 Å². The van der Waals surface area contributed by atoms with E-state index in [0.717, 1.165) is 38.4 Å². The van der Waals surface area contributed by atoms with Crippen LogP contribution in [0.4, 0.5) is 0 Å². The Hall–Kier alpha value is -1.10. The summed E-state index contributed by atoms with van der Waals surface area (Å²) in [6, 6.07) is 8.07. The highest BCUT2D eigenvalue weighted by Crippen LogP contribution is 2.16. The van der Waals surface area contributed by atoms with Crippen molar-refractivity contribution in [2.75, 3.05) is 32.8 Å². The number of aromatic hydroxyl groups is 1. The number of phenols is 1. The molecule has 0 amide bonds. The molecule has 0 aliphatic carbocycles. The van der Waals surface area contributed by atoms with Crippen LogP contribution in [0.15, 0.2) is 24.3 Å². The predicted molar refractivity (Wildman–Crippen MR) is 85.4 cm³/mol. The van der Waals surface area contributed by atoms with Crippen molar-refractivity contribution < 1.29 is 9.84 Å². The van der Waals surface area contributed by atoms with Crippen LogP contribution in [0.5, 0.6) is 5.75 Å². The second-order valence-corrected chi connectivity index (χ2v) is 6.19. The molecule has 0 radical (unpaired) electrons. The molecule has 1 aliphatic heterocycles. The first-order valence-electron chi connectivity index (χ1n) is 7.96. The normalized spacial score (nSPS) is 18.0. The van der Waals surface area contributed by atoms with Gasteiger partial charge in [-0.2, -0.15) is 0 Å². The van der Waals surface area contributed by atoms with Crippen molar-refractivity contribution >= 4 is 0 Å². The van der Waals surface area contributed by atoms with Crippen LogP contribution >= 0.6 is 0 Å². The van der Waals surface area contributed by atoms with Crippen LogP contribution in [0.25, 0.3) is 0 Å². The molecule has 1 heterocycles. The van der Waals surface area contributed by atoms with Gasteiger partial charge in [0.15, 0.2) is 0 Å². The van der Waals surface area contributed by atoms with Gasteiger partial charge in [0.1, 0.15) is 5.75 Å². The van der Waals surface area contributed by atoms with Gasteiger partial charge in [-0.3, -0.25) is 4.90 Å². The van der Waals surface area contributed by atoms with Crippen LogP contribution < -0.4 is 5.32 Å². The quantitative estimate of drug-likeness (QED) is 0.809. The average Bonchev–Trinajstić information content (AvgIpc) is 2.49. The van der Waals surface area contributed by atoms with E-state index in [1.807, 2.05) is 18.2 Å². The van der Waals surface area contributed by atoms with Gasteiger partial charge in [0.05, 0.1) is 13.2 Å². The van der Waals surface area contributed by atoms with E-state index in [-0.39, 0.29) is 0 Å². The van der Waals surface area contributed by atoms with Crippen molar-refractivity contribution in [1.29, 1.82) is 0 Å². The van der Waals surface area contributed by atoms with Gasteiger partial charge < -0.3 is 15.2 Å². The van der Waals surface area contributed by atoms with E-state index in [1.54, 1.807) is 6.07 Å². The summed E-state index contributed by atoms with van der Waals surface area (Å²) in [5.41, 5.74) is 0.961. The van der Waals surface area contributed by atoms with Crippen molar-refractivity contribution in [2.24, 2.45) is 5.92 Å². The molecule has 1 aliphatic rings. The largest absolute Gasteiger partial charge is 0.508 e. The van der Waals surface area contributed by atoms with E-state index in [0.29, 0.717) is 24.3 Å². The molecule has 1 aromatic rings. The molecule has 0 saturated carbocycles. The third-order valence-corrected chi connectivity index (χ3v) is 3.99. The lowest BCUT2D eigenvalue weighted by atomic mass is 10.0. The lowest BCUT2D eigenvalue weighted by Crippen LogP contribution is -2.48. The van der Waals surface area contributed by atoms with Gasteiger partial charge in [-0.1, -0.05) is 32.0 Å². The minimum absolute atomic E-state index is 0.372. The van der Waals surface area contributed by atoms with Crippen LogP contribution in [0.3, 0.4) is 0 Å². The summed E-state index contributed by atoms with van der Waals surface area (Å²) >= 11 is 0. The molecule has 0 aromatic heterocycles. The monoisotopic (exact) mass is 292 g/mol. The second-order valence-electron chi connectivity index (χ2n) is 6.19. The van der Waals surface area contributed by atoms with Gasteiger partial charge in [0, 0.05) is 37.8 Å². The number of hydrogen-bond acceptors (Lipinski definition) is 4. The number of nitrogens with zero attached hydrogens (tertiary/aromatic N) is 1. The molecule has 1 saturated heterocycles. The summed E-state index contributed by atoms with van der Waals surface area (Å²) in [5, 5.41) is 13.3. The molecule has 1 unspecified atom stereocenters. The van der Waals surface area contributed by atoms with E-state index in [4.69, 9.17) is 4.74 Å². The Kier molecular flexibility index (Phi) is 6.49. The van der Waals surface area contributed by atoms with E-state index in [9.17, 15) is 5.11 Å². The van der Waals surface area contributed by atoms with Gasteiger partial charge >= 0.3 is 0 Å². The van der Waals surface area contributed by atoms with Crippen molar-refractivity contribution in [3.63, 3.8) is 0 Å². The molecule has 0 bridgehead atoms. The van der Waals surface area contributed by atoms with Gasteiger partial charge in [-0.25, -0.2) is 0 Å². The Bertz CT molecular complexity index is 417. The summed E-state index contributed by atoms with van der Waals surface area (Å²) in [6.07, 6.45) is 1.19. The van der Waals surface area contributed by atoms with Crippen molar-refractivity contribution in [3.8, 4) is 5.75 Å². The molecule has 1 fully saturated rings. The molecule has 21 heavy (non-hydrogen) atoms. The third kappa shape index (κ3) is 5.30. The highest BCUT2D eigenvalue weighted by molar-refractivity contribution is 5.31. The fraction of sp³-hybridized carbons (Fsp3) is 0.647. The predicted octanol–water partition coefficient (Wildman–Crippen LogP) is 2.23. The number of hydrogen-bond donors (Lipinski definition) is 2. The molecule has 4 heteroatoms. The minimum atomic E-state index is 0.372. The number of benzene rings is 1. The first-order chi connectivity index (χ1) is 10.2. The number of morpholine rings is 1. The topological polar surface area (TPSA) is 44.7 Å². The van der Waals surface area contributed by atoms with Crippen LogP contribution in [0.1, 0.15) is 25.8 Å². The number of phenolic OH excluding ortho intramolecular Hbond substituents is 1. The maximum atomic E-state index is 9.80. The molecule has 118 valence electrons. The standard InChI is InChI=1S/C17H28N2O2/c1-14(2)11-16(19-7-9-21-10-8-19)13-18-12-15-5-3-4-6-17(15)20/h3-6,14,16,18,20H,7-13H2,1-2H3. The van der Waals surface area contributed by atoms with E-state index in [2.05, 4.69) is 24.1 Å². The first kappa shape index (κ1) is 16.3. The summed E-state index contributed by atoms with van der Waals surface area (Å²) in [4.78, 5) is 2.53. The number of ether oxygens (including phenoxy) is 1. The second kappa shape index (κ2) is 8.37. The summed E-state index contributed by atoms with van der Waals surface area (Å²) in [5.74, 6) is 1.06. The van der Waals surface area contributed by atoms with Crippen LogP contribution in [-0.4, -0.2) is 48.9 Å². The Labute approximate surface area is 128 Å². The summed E-state index contributed by atoms with van der Waals surface area (Å²) < 4.78 is 5.45. The highest BCUT2D eigenvalue weighted by Gasteiger charge is 2.21. The molecule has 2 N–H and O–H groups in total. The van der Waals surface area contributed by atoms with Gasteiger partial charge in [-0.15, -0.1) is 0 Å². The average molecular weight is 292 g/mol. The SMILES string of the molecule is CC(C)CC(CNCc1ccccc1O)N1CCOCC1. The number of rotatable bonds is 7. The zero-order valence-electron chi connectivity index (χ0n) is 13.2. The maximum Gasteiger partial charge on any atom is 0.120 e. The molecular weight excluding hydrogens is 264 g/mol. The highest BCUT2D eigenvalue weighted by atomic mass is 16.5. The Morgan fingerprint density at radius 1 is 1.24 bits per heavy atom. The van der Waals surface area contributed by atoms with E-state index >= 15 is 0 Å². The molecule has 0 spiro atoms. The van der Waals surface area contributed by atoms with Gasteiger partial charge in [-0.05, 0) is 18.4 Å². The van der Waals surface area contributed by atoms with E-state index in [1.165, 1.54) is 6.42 Å². The molecule has 1 atom stereocenters. The smallest absolute Gasteiger partial charge is 0.120 e. The van der Waals surface area contributed by atoms with Crippen LogP contribution in [0.2, 0.25) is 0 Å². The van der Waals surface area contributed by atoms with Gasteiger partial charge in [0.25, 0.3) is 0 Å². The zero-order valence-corrected chi connectivity index (χ0v) is 13.2. The molecule has 1 aromatic carbocycles.